The average molecular weight is 450 g/mol. The number of aliphatic hydroxyl groups is 2. The molecule has 2 heterocycles. The van der Waals surface area contributed by atoms with E-state index in [4.69, 9.17) is 0 Å². The van der Waals surface area contributed by atoms with Crippen LogP contribution in [0.15, 0.2) is 24.3 Å². The fourth-order valence-corrected chi connectivity index (χ4v) is 5.07. The van der Waals surface area contributed by atoms with Gasteiger partial charge in [0.2, 0.25) is 5.95 Å². The van der Waals surface area contributed by atoms with Crippen LogP contribution in [0, 0.1) is 12.8 Å². The standard InChI is InChI=1S/C21H25F2N5O2S/c1-4-24-20-25-10(2)15(19-27-12-7-5-6-8-14(12)31-19)18(28-20)26-13-9-11(21(3,22)23)16(29)17(13)30/h5-8,11,13,16-17,29-30H,4,9H2,1-3H3,(H2,24,25,26,28)/t11?,13-,16-,17+/m1/s1. The van der Waals surface area contributed by atoms with Crippen molar-refractivity contribution in [2.75, 3.05) is 17.2 Å². The molecule has 0 aliphatic heterocycles. The van der Waals surface area contributed by atoms with Gasteiger partial charge in [0, 0.05) is 6.54 Å². The van der Waals surface area contributed by atoms with Crippen molar-refractivity contribution < 1.29 is 19.0 Å². The summed E-state index contributed by atoms with van der Waals surface area (Å²) in [6.45, 7) is 5.12. The van der Waals surface area contributed by atoms with Gasteiger partial charge < -0.3 is 20.8 Å². The number of benzene rings is 1. The number of hydrogen-bond donors (Lipinski definition) is 4. The number of aliphatic hydroxyl groups excluding tert-OH is 2. The SMILES string of the molecule is CCNc1nc(C)c(-c2nc3ccccc3s2)c(N[C@@H]2CC(C(C)(F)F)[C@@H](O)[C@H]2O)n1. The van der Waals surface area contributed by atoms with Gasteiger partial charge in [0.15, 0.2) is 0 Å². The molecule has 0 radical (unpaired) electrons. The Morgan fingerprint density at radius 3 is 2.55 bits per heavy atom. The van der Waals surface area contributed by atoms with E-state index < -0.39 is 30.1 Å². The highest BCUT2D eigenvalue weighted by molar-refractivity contribution is 7.21. The molecule has 1 saturated carbocycles. The summed E-state index contributed by atoms with van der Waals surface area (Å²) in [6.07, 6.45) is -2.97. The minimum absolute atomic E-state index is 0.0926. The Bertz CT molecular complexity index is 1050. The molecule has 4 rings (SSSR count). The predicted octanol–water partition coefficient (Wildman–Crippen LogP) is 3.67. The zero-order chi connectivity index (χ0) is 22.3. The Kier molecular flexibility index (Phi) is 5.80. The van der Waals surface area contributed by atoms with Gasteiger partial charge >= 0.3 is 0 Å². The van der Waals surface area contributed by atoms with Gasteiger partial charge in [-0.15, -0.1) is 11.3 Å². The van der Waals surface area contributed by atoms with Crippen molar-refractivity contribution in [3.05, 3.63) is 30.0 Å². The molecule has 2 aromatic heterocycles. The zero-order valence-corrected chi connectivity index (χ0v) is 18.2. The minimum atomic E-state index is -3.11. The summed E-state index contributed by atoms with van der Waals surface area (Å²) in [6, 6.07) is 6.93. The van der Waals surface area contributed by atoms with Gasteiger partial charge in [-0.2, -0.15) is 4.98 Å². The van der Waals surface area contributed by atoms with E-state index in [1.54, 1.807) is 0 Å². The first-order chi connectivity index (χ1) is 14.7. The molecule has 166 valence electrons. The number of para-hydroxylation sites is 1. The lowest BCUT2D eigenvalue weighted by molar-refractivity contribution is -0.0950. The van der Waals surface area contributed by atoms with Gasteiger partial charge in [-0.1, -0.05) is 12.1 Å². The quantitative estimate of drug-likeness (QED) is 0.455. The summed E-state index contributed by atoms with van der Waals surface area (Å²) < 4.78 is 28.8. The lowest BCUT2D eigenvalue weighted by Crippen LogP contribution is -2.38. The van der Waals surface area contributed by atoms with Crippen LogP contribution >= 0.6 is 11.3 Å². The van der Waals surface area contributed by atoms with Gasteiger partial charge in [-0.05, 0) is 39.3 Å². The molecule has 0 amide bonds. The fraction of sp³-hybridized carbons (Fsp3) is 0.476. The van der Waals surface area contributed by atoms with E-state index in [1.807, 2.05) is 38.1 Å². The topological polar surface area (TPSA) is 103 Å². The van der Waals surface area contributed by atoms with Crippen molar-refractivity contribution in [1.82, 2.24) is 15.0 Å². The number of hydrogen-bond acceptors (Lipinski definition) is 8. The number of rotatable bonds is 6. The summed E-state index contributed by atoms with van der Waals surface area (Å²) in [5, 5.41) is 27.5. The lowest BCUT2D eigenvalue weighted by atomic mass is 9.98. The largest absolute Gasteiger partial charge is 0.390 e. The van der Waals surface area contributed by atoms with Gasteiger partial charge in [0.05, 0.1) is 39.5 Å². The van der Waals surface area contributed by atoms with Gasteiger partial charge in [-0.3, -0.25) is 0 Å². The van der Waals surface area contributed by atoms with E-state index in [2.05, 4.69) is 25.6 Å². The van der Waals surface area contributed by atoms with Crippen molar-refractivity contribution in [3.8, 4) is 10.6 Å². The molecule has 4 atom stereocenters. The molecule has 0 saturated heterocycles. The molecule has 1 unspecified atom stereocenters. The Hall–Kier alpha value is -2.43. The summed E-state index contributed by atoms with van der Waals surface area (Å²) >= 11 is 1.48. The second kappa shape index (κ2) is 8.25. The minimum Gasteiger partial charge on any atom is -0.390 e. The van der Waals surface area contributed by atoms with E-state index in [0.29, 0.717) is 34.6 Å². The zero-order valence-electron chi connectivity index (χ0n) is 17.4. The highest BCUT2D eigenvalue weighted by atomic mass is 32.1. The monoisotopic (exact) mass is 449 g/mol. The molecular weight excluding hydrogens is 424 g/mol. The van der Waals surface area contributed by atoms with E-state index in [0.717, 1.165) is 17.1 Å². The highest BCUT2D eigenvalue weighted by Gasteiger charge is 2.51. The maximum atomic E-state index is 13.9. The molecule has 4 N–H and O–H groups in total. The molecule has 10 heteroatoms. The Morgan fingerprint density at radius 1 is 1.16 bits per heavy atom. The van der Waals surface area contributed by atoms with Crippen LogP contribution in [0.4, 0.5) is 20.5 Å². The van der Waals surface area contributed by atoms with E-state index in [1.165, 1.54) is 11.3 Å². The number of aryl methyl sites for hydroxylation is 1. The molecule has 3 aromatic rings. The number of aromatic nitrogens is 3. The molecule has 0 spiro atoms. The lowest BCUT2D eigenvalue weighted by Gasteiger charge is -2.22. The fourth-order valence-electron chi connectivity index (χ4n) is 4.00. The number of fused-ring (bicyclic) bond motifs is 1. The summed E-state index contributed by atoms with van der Waals surface area (Å²) in [4.78, 5) is 13.7. The van der Waals surface area contributed by atoms with E-state index >= 15 is 0 Å². The van der Waals surface area contributed by atoms with Gasteiger partial charge in [-0.25, -0.2) is 18.7 Å². The van der Waals surface area contributed by atoms with Crippen LogP contribution in [0.2, 0.25) is 0 Å². The van der Waals surface area contributed by atoms with Crippen molar-refractivity contribution >= 4 is 33.3 Å². The number of anilines is 2. The molecule has 31 heavy (non-hydrogen) atoms. The van der Waals surface area contributed by atoms with Crippen LogP contribution in [-0.4, -0.2) is 55.9 Å². The first-order valence-electron chi connectivity index (χ1n) is 10.2. The van der Waals surface area contributed by atoms with Crippen molar-refractivity contribution in [2.24, 2.45) is 5.92 Å². The second-order valence-electron chi connectivity index (χ2n) is 7.90. The van der Waals surface area contributed by atoms with Crippen LogP contribution in [0.1, 0.15) is 26.0 Å². The van der Waals surface area contributed by atoms with Crippen LogP contribution in [0.5, 0.6) is 0 Å². The number of thiazole rings is 1. The third-order valence-corrected chi connectivity index (χ3v) is 6.64. The van der Waals surface area contributed by atoms with Gasteiger partial charge in [0.1, 0.15) is 16.9 Å². The number of alkyl halides is 2. The molecule has 1 aliphatic carbocycles. The first kappa shape index (κ1) is 21.8. The molecule has 7 nitrogen and oxygen atoms in total. The number of nitrogens with one attached hydrogen (secondary N) is 2. The summed E-state index contributed by atoms with van der Waals surface area (Å²) in [7, 11) is 0. The number of halogens is 2. The summed E-state index contributed by atoms with van der Waals surface area (Å²) in [5.74, 6) is -3.68. The van der Waals surface area contributed by atoms with Crippen LogP contribution in [-0.2, 0) is 0 Å². The predicted molar refractivity (Wildman–Crippen MR) is 118 cm³/mol. The molecule has 0 bridgehead atoms. The third kappa shape index (κ3) is 4.19. The smallest absolute Gasteiger partial charge is 0.250 e. The maximum absolute atomic E-state index is 13.9. The normalized spacial score (nSPS) is 24.0. The van der Waals surface area contributed by atoms with Crippen molar-refractivity contribution in [2.45, 2.75) is 51.4 Å². The Balaban J connectivity index is 1.75. The first-order valence-corrected chi connectivity index (χ1v) is 11.0. The highest BCUT2D eigenvalue weighted by Crippen LogP contribution is 2.41. The third-order valence-electron chi connectivity index (χ3n) is 5.59. The Morgan fingerprint density at radius 2 is 1.90 bits per heavy atom. The Labute approximate surface area is 182 Å². The van der Waals surface area contributed by atoms with Crippen LogP contribution < -0.4 is 10.6 Å². The average Bonchev–Trinajstić information content (AvgIpc) is 3.24. The maximum Gasteiger partial charge on any atom is 0.250 e. The molecule has 1 aromatic carbocycles. The van der Waals surface area contributed by atoms with E-state index in [-0.39, 0.29) is 6.42 Å². The van der Waals surface area contributed by atoms with Crippen molar-refractivity contribution in [3.63, 3.8) is 0 Å². The van der Waals surface area contributed by atoms with Crippen molar-refractivity contribution in [1.29, 1.82) is 0 Å². The molecule has 1 fully saturated rings. The molecule has 1 aliphatic rings. The van der Waals surface area contributed by atoms with Crippen LogP contribution in [0.25, 0.3) is 20.8 Å². The van der Waals surface area contributed by atoms with Gasteiger partial charge in [0.25, 0.3) is 5.92 Å². The van der Waals surface area contributed by atoms with Crippen LogP contribution in [0.3, 0.4) is 0 Å². The second-order valence-corrected chi connectivity index (χ2v) is 8.93. The van der Waals surface area contributed by atoms with E-state index in [9.17, 15) is 19.0 Å². The summed E-state index contributed by atoms with van der Waals surface area (Å²) in [5.41, 5.74) is 2.15. The number of nitrogens with zero attached hydrogens (tertiary/aromatic N) is 3. The molecular formula is C21H25F2N5O2S.